The van der Waals surface area contributed by atoms with Gasteiger partial charge in [-0.05, 0) is 44.2 Å². The molecule has 0 saturated carbocycles. The Bertz CT molecular complexity index is 353. The van der Waals surface area contributed by atoms with Gasteiger partial charge in [-0.25, -0.2) is 0 Å². The van der Waals surface area contributed by atoms with Crippen molar-refractivity contribution < 1.29 is 4.74 Å². The first-order valence-electron chi connectivity index (χ1n) is 5.25. The normalized spacial score (nSPS) is 21.1. The summed E-state index contributed by atoms with van der Waals surface area (Å²) in [4.78, 5) is 1.41. The van der Waals surface area contributed by atoms with Crippen LogP contribution in [0.3, 0.4) is 0 Å². The molecular weight excluding hydrogens is 206 g/mol. The molecule has 1 aliphatic rings. The summed E-state index contributed by atoms with van der Waals surface area (Å²) < 4.78 is 5.24. The molecule has 82 valence electrons. The van der Waals surface area contributed by atoms with Gasteiger partial charge in [-0.15, -0.1) is 11.8 Å². The lowest BCUT2D eigenvalue weighted by atomic mass is 10.1. The second-order valence-corrected chi connectivity index (χ2v) is 5.19. The van der Waals surface area contributed by atoms with E-state index in [1.807, 2.05) is 24.9 Å². The van der Waals surface area contributed by atoms with Crippen molar-refractivity contribution in [3.05, 3.63) is 23.8 Å². The fourth-order valence-corrected chi connectivity index (χ4v) is 3.21. The van der Waals surface area contributed by atoms with E-state index < -0.39 is 0 Å². The number of thioether (sulfide) groups is 1. The molecule has 1 aromatic carbocycles. The summed E-state index contributed by atoms with van der Waals surface area (Å²) >= 11 is 1.97. The summed E-state index contributed by atoms with van der Waals surface area (Å²) in [6.45, 7) is 2.24. The summed E-state index contributed by atoms with van der Waals surface area (Å²) in [5.74, 6) is 0.965. The van der Waals surface area contributed by atoms with Gasteiger partial charge in [0.2, 0.25) is 0 Å². The first kappa shape index (κ1) is 10.8. The van der Waals surface area contributed by atoms with E-state index in [4.69, 9.17) is 4.74 Å². The van der Waals surface area contributed by atoms with E-state index in [1.165, 1.54) is 10.5 Å². The molecule has 0 aliphatic carbocycles. The standard InChI is InChI=1S/C12H17NOS/c1-8(13-2)12-7-9-6-10(14-3)4-5-11(9)15-12/h4-6,8,12-13H,7H2,1-3H3. The van der Waals surface area contributed by atoms with E-state index in [9.17, 15) is 0 Å². The highest BCUT2D eigenvalue weighted by Crippen LogP contribution is 2.39. The summed E-state index contributed by atoms with van der Waals surface area (Å²) in [7, 11) is 3.74. The molecule has 0 radical (unpaired) electrons. The van der Waals surface area contributed by atoms with Gasteiger partial charge in [0.05, 0.1) is 7.11 Å². The van der Waals surface area contributed by atoms with Gasteiger partial charge in [0.1, 0.15) is 5.75 Å². The monoisotopic (exact) mass is 223 g/mol. The van der Waals surface area contributed by atoms with E-state index in [-0.39, 0.29) is 0 Å². The van der Waals surface area contributed by atoms with E-state index in [0.29, 0.717) is 11.3 Å². The van der Waals surface area contributed by atoms with E-state index in [0.717, 1.165) is 12.2 Å². The number of fused-ring (bicyclic) bond motifs is 1. The molecule has 0 aromatic heterocycles. The third-order valence-electron chi connectivity index (χ3n) is 2.98. The summed E-state index contributed by atoms with van der Waals surface area (Å²) in [5.41, 5.74) is 1.42. The zero-order chi connectivity index (χ0) is 10.8. The van der Waals surface area contributed by atoms with Crippen LogP contribution >= 0.6 is 11.8 Å². The van der Waals surface area contributed by atoms with Gasteiger partial charge < -0.3 is 10.1 Å². The lowest BCUT2D eigenvalue weighted by Crippen LogP contribution is -2.32. The lowest BCUT2D eigenvalue weighted by molar-refractivity contribution is 0.414. The Labute approximate surface area is 95.4 Å². The summed E-state index contributed by atoms with van der Waals surface area (Å²) in [5, 5.41) is 3.97. The smallest absolute Gasteiger partial charge is 0.119 e. The largest absolute Gasteiger partial charge is 0.497 e. The minimum Gasteiger partial charge on any atom is -0.497 e. The van der Waals surface area contributed by atoms with E-state index in [1.54, 1.807) is 7.11 Å². The highest BCUT2D eigenvalue weighted by atomic mass is 32.2. The molecule has 2 unspecified atom stereocenters. The lowest BCUT2D eigenvalue weighted by Gasteiger charge is -2.16. The van der Waals surface area contributed by atoms with Crippen LogP contribution in [0.1, 0.15) is 12.5 Å². The fourth-order valence-electron chi connectivity index (χ4n) is 1.84. The number of ether oxygens (including phenoxy) is 1. The van der Waals surface area contributed by atoms with Crippen LogP contribution < -0.4 is 10.1 Å². The van der Waals surface area contributed by atoms with Crippen molar-refractivity contribution in [2.75, 3.05) is 14.2 Å². The maximum absolute atomic E-state index is 5.24. The van der Waals surface area contributed by atoms with Crippen molar-refractivity contribution >= 4 is 11.8 Å². The van der Waals surface area contributed by atoms with Gasteiger partial charge in [-0.1, -0.05) is 0 Å². The van der Waals surface area contributed by atoms with Crippen LogP contribution in [0.15, 0.2) is 23.1 Å². The van der Waals surface area contributed by atoms with Gasteiger partial charge in [-0.2, -0.15) is 0 Å². The molecule has 3 heteroatoms. The maximum atomic E-state index is 5.24. The third-order valence-corrected chi connectivity index (χ3v) is 4.51. The Hall–Kier alpha value is -0.670. The Morgan fingerprint density at radius 3 is 3.00 bits per heavy atom. The number of rotatable bonds is 3. The molecule has 0 spiro atoms. The van der Waals surface area contributed by atoms with Crippen LogP contribution in [0.25, 0.3) is 0 Å². The molecule has 1 N–H and O–H groups in total. The molecule has 0 bridgehead atoms. The van der Waals surface area contributed by atoms with Crippen molar-refractivity contribution in [1.29, 1.82) is 0 Å². The SMILES string of the molecule is CNC(C)C1Cc2cc(OC)ccc2S1. The first-order valence-corrected chi connectivity index (χ1v) is 6.13. The maximum Gasteiger partial charge on any atom is 0.119 e. The quantitative estimate of drug-likeness (QED) is 0.849. The Kier molecular flexibility index (Phi) is 3.22. The molecular formula is C12H17NOS. The van der Waals surface area contributed by atoms with Crippen LogP contribution in [0.5, 0.6) is 5.75 Å². The number of benzene rings is 1. The van der Waals surface area contributed by atoms with Crippen LogP contribution in [0.2, 0.25) is 0 Å². The van der Waals surface area contributed by atoms with Crippen LogP contribution in [-0.4, -0.2) is 25.4 Å². The molecule has 1 aromatic rings. The van der Waals surface area contributed by atoms with Crippen molar-refractivity contribution in [2.24, 2.45) is 0 Å². The zero-order valence-electron chi connectivity index (χ0n) is 9.41. The molecule has 2 rings (SSSR count). The second kappa shape index (κ2) is 4.45. The summed E-state index contributed by atoms with van der Waals surface area (Å²) in [6, 6.07) is 6.91. The van der Waals surface area contributed by atoms with Crippen molar-refractivity contribution in [2.45, 2.75) is 29.5 Å². The van der Waals surface area contributed by atoms with Crippen LogP contribution in [-0.2, 0) is 6.42 Å². The minimum absolute atomic E-state index is 0.549. The first-order chi connectivity index (χ1) is 7.24. The molecule has 2 nitrogen and oxygen atoms in total. The average Bonchev–Trinajstić information content (AvgIpc) is 2.70. The third kappa shape index (κ3) is 2.13. The topological polar surface area (TPSA) is 21.3 Å². The van der Waals surface area contributed by atoms with Crippen molar-refractivity contribution in [3.8, 4) is 5.75 Å². The van der Waals surface area contributed by atoms with Gasteiger partial charge in [0, 0.05) is 16.2 Å². The van der Waals surface area contributed by atoms with Gasteiger partial charge >= 0.3 is 0 Å². The molecule has 0 amide bonds. The highest BCUT2D eigenvalue weighted by molar-refractivity contribution is 8.00. The number of hydrogen-bond donors (Lipinski definition) is 1. The zero-order valence-corrected chi connectivity index (χ0v) is 10.2. The summed E-state index contributed by atoms with van der Waals surface area (Å²) in [6.07, 6.45) is 1.14. The Morgan fingerprint density at radius 2 is 2.33 bits per heavy atom. The fraction of sp³-hybridized carbons (Fsp3) is 0.500. The van der Waals surface area contributed by atoms with Gasteiger partial charge in [0.25, 0.3) is 0 Å². The minimum atomic E-state index is 0.549. The van der Waals surface area contributed by atoms with Crippen molar-refractivity contribution in [1.82, 2.24) is 5.32 Å². The molecule has 15 heavy (non-hydrogen) atoms. The van der Waals surface area contributed by atoms with Gasteiger partial charge in [-0.3, -0.25) is 0 Å². The predicted octanol–water partition coefficient (Wildman–Crippen LogP) is 2.32. The predicted molar refractivity (Wildman–Crippen MR) is 64.9 cm³/mol. The highest BCUT2D eigenvalue weighted by Gasteiger charge is 2.26. The average molecular weight is 223 g/mol. The van der Waals surface area contributed by atoms with E-state index >= 15 is 0 Å². The molecule has 2 atom stereocenters. The second-order valence-electron chi connectivity index (χ2n) is 3.91. The number of hydrogen-bond acceptors (Lipinski definition) is 3. The molecule has 0 fully saturated rings. The molecule has 0 saturated heterocycles. The van der Waals surface area contributed by atoms with Gasteiger partial charge in [0.15, 0.2) is 0 Å². The molecule has 1 heterocycles. The molecule has 1 aliphatic heterocycles. The number of nitrogens with one attached hydrogen (secondary N) is 1. The van der Waals surface area contributed by atoms with Crippen molar-refractivity contribution in [3.63, 3.8) is 0 Å². The van der Waals surface area contributed by atoms with Crippen LogP contribution in [0, 0.1) is 0 Å². The Balaban J connectivity index is 2.16. The Morgan fingerprint density at radius 1 is 1.53 bits per heavy atom. The van der Waals surface area contributed by atoms with E-state index in [2.05, 4.69) is 24.4 Å². The number of methoxy groups -OCH3 is 1. The van der Waals surface area contributed by atoms with Crippen LogP contribution in [0.4, 0.5) is 0 Å².